The van der Waals surface area contributed by atoms with Crippen molar-refractivity contribution in [1.82, 2.24) is 9.21 Å². The molecule has 1 heterocycles. The van der Waals surface area contributed by atoms with Gasteiger partial charge in [0.15, 0.2) is 0 Å². The van der Waals surface area contributed by atoms with E-state index in [4.69, 9.17) is 9.47 Å². The van der Waals surface area contributed by atoms with E-state index in [1.54, 1.807) is 32.4 Å². The molecule has 0 spiro atoms. The number of carbonyl (C=O) groups is 1. The lowest BCUT2D eigenvalue weighted by atomic mass is 10.1. The molecule has 2 aromatic rings. The number of amides is 1. The van der Waals surface area contributed by atoms with Crippen molar-refractivity contribution in [1.29, 1.82) is 0 Å². The highest BCUT2D eigenvalue weighted by Crippen LogP contribution is 2.25. The van der Waals surface area contributed by atoms with Gasteiger partial charge in [-0.2, -0.15) is 4.31 Å². The number of sulfonamides is 1. The summed E-state index contributed by atoms with van der Waals surface area (Å²) in [5.74, 6) is 1.24. The Bertz CT molecular complexity index is 1000. The number of hydrogen-bond donors (Lipinski definition) is 1. The minimum absolute atomic E-state index is 0.167. The van der Waals surface area contributed by atoms with E-state index in [9.17, 15) is 13.2 Å². The summed E-state index contributed by atoms with van der Waals surface area (Å²) in [6.45, 7) is 2.38. The summed E-state index contributed by atoms with van der Waals surface area (Å²) < 4.78 is 37.7. The van der Waals surface area contributed by atoms with Crippen LogP contribution in [0.1, 0.15) is 12.0 Å². The van der Waals surface area contributed by atoms with Crippen molar-refractivity contribution in [3.05, 3.63) is 48.0 Å². The smallest absolute Gasteiger partial charge is 0.243 e. The maximum absolute atomic E-state index is 12.8. The Morgan fingerprint density at radius 3 is 2.29 bits per heavy atom. The van der Waals surface area contributed by atoms with Gasteiger partial charge in [-0.15, -0.1) is 0 Å². The van der Waals surface area contributed by atoms with Crippen LogP contribution in [0.25, 0.3) is 0 Å². The van der Waals surface area contributed by atoms with Gasteiger partial charge in [-0.1, -0.05) is 0 Å². The molecule has 2 aromatic carbocycles. The summed E-state index contributed by atoms with van der Waals surface area (Å²) in [6.07, 6.45) is 0.743. The molecule has 1 aliphatic heterocycles. The van der Waals surface area contributed by atoms with Gasteiger partial charge in [0.25, 0.3) is 0 Å². The summed E-state index contributed by atoms with van der Waals surface area (Å²) in [5, 5.41) is 2.82. The van der Waals surface area contributed by atoms with Crippen LogP contribution in [0.4, 0.5) is 5.69 Å². The second-order valence-electron chi connectivity index (χ2n) is 7.46. The number of anilines is 1. The first-order valence-electron chi connectivity index (χ1n) is 10.1. The fraction of sp³-hybridized carbons (Fsp3) is 0.409. The Labute approximate surface area is 183 Å². The van der Waals surface area contributed by atoms with Crippen molar-refractivity contribution in [3.8, 4) is 11.5 Å². The summed E-state index contributed by atoms with van der Waals surface area (Å²) in [4.78, 5) is 14.7. The zero-order valence-corrected chi connectivity index (χ0v) is 18.9. The van der Waals surface area contributed by atoms with Gasteiger partial charge >= 0.3 is 0 Å². The molecule has 0 saturated carbocycles. The minimum Gasteiger partial charge on any atom is -0.497 e. The van der Waals surface area contributed by atoms with Crippen molar-refractivity contribution >= 4 is 21.6 Å². The molecule has 3 rings (SSSR count). The summed E-state index contributed by atoms with van der Waals surface area (Å²) >= 11 is 0. The molecular formula is C22H29N3O5S. The molecule has 31 heavy (non-hydrogen) atoms. The number of carbonyl (C=O) groups excluding carboxylic acids is 1. The van der Waals surface area contributed by atoms with Crippen LogP contribution in [0.2, 0.25) is 0 Å². The second kappa shape index (κ2) is 10.1. The zero-order valence-electron chi connectivity index (χ0n) is 18.1. The fourth-order valence-electron chi connectivity index (χ4n) is 3.44. The normalized spacial score (nSPS) is 15.5. The number of hydrogen-bond acceptors (Lipinski definition) is 6. The van der Waals surface area contributed by atoms with E-state index in [-0.39, 0.29) is 17.2 Å². The van der Waals surface area contributed by atoms with E-state index in [0.29, 0.717) is 49.8 Å². The number of piperazine rings is 1. The number of nitrogens with zero attached hydrogens (tertiary/aromatic N) is 2. The van der Waals surface area contributed by atoms with E-state index in [0.717, 1.165) is 5.56 Å². The van der Waals surface area contributed by atoms with Gasteiger partial charge in [0.2, 0.25) is 15.9 Å². The fourth-order valence-corrected chi connectivity index (χ4v) is 4.86. The van der Waals surface area contributed by atoms with E-state index in [2.05, 4.69) is 10.2 Å². The summed E-state index contributed by atoms with van der Waals surface area (Å²) in [5.41, 5.74) is 1.44. The van der Waals surface area contributed by atoms with E-state index in [1.807, 2.05) is 19.2 Å². The van der Waals surface area contributed by atoms with Crippen LogP contribution in [0.5, 0.6) is 11.5 Å². The molecule has 8 nitrogen and oxygen atoms in total. The monoisotopic (exact) mass is 447 g/mol. The van der Waals surface area contributed by atoms with Gasteiger partial charge in [-0.3, -0.25) is 4.79 Å². The highest BCUT2D eigenvalue weighted by molar-refractivity contribution is 7.89. The van der Waals surface area contributed by atoms with Crippen molar-refractivity contribution < 1.29 is 22.7 Å². The summed E-state index contributed by atoms with van der Waals surface area (Å²) in [7, 11) is 1.63. The molecule has 1 fully saturated rings. The Hall–Kier alpha value is -2.62. The predicted octanol–water partition coefficient (Wildman–Crippen LogP) is 2.21. The van der Waals surface area contributed by atoms with Gasteiger partial charge < -0.3 is 19.7 Å². The van der Waals surface area contributed by atoms with Crippen LogP contribution in [-0.4, -0.2) is 71.0 Å². The van der Waals surface area contributed by atoms with Gasteiger partial charge in [-0.05, 0) is 61.5 Å². The number of nitrogens with one attached hydrogen (secondary N) is 1. The molecule has 9 heteroatoms. The Balaban J connectivity index is 1.59. The first kappa shape index (κ1) is 23.1. The predicted molar refractivity (Wildman–Crippen MR) is 119 cm³/mol. The zero-order chi connectivity index (χ0) is 22.4. The maximum Gasteiger partial charge on any atom is 0.243 e. The molecule has 0 radical (unpaired) electrons. The Kier molecular flexibility index (Phi) is 7.53. The van der Waals surface area contributed by atoms with Crippen molar-refractivity contribution in [2.75, 3.05) is 52.8 Å². The second-order valence-corrected chi connectivity index (χ2v) is 9.40. The van der Waals surface area contributed by atoms with E-state index in [1.165, 1.54) is 16.4 Å². The lowest BCUT2D eigenvalue weighted by Crippen LogP contribution is -2.46. The number of aryl methyl sites for hydroxylation is 1. The maximum atomic E-state index is 12.8. The Morgan fingerprint density at radius 2 is 1.68 bits per heavy atom. The van der Waals surface area contributed by atoms with Crippen molar-refractivity contribution in [2.45, 2.75) is 17.7 Å². The number of ether oxygens (including phenoxy) is 2. The number of benzene rings is 2. The quantitative estimate of drug-likeness (QED) is 0.668. The molecule has 1 aliphatic rings. The largest absolute Gasteiger partial charge is 0.497 e. The molecule has 168 valence electrons. The van der Waals surface area contributed by atoms with Gasteiger partial charge in [-0.25, -0.2) is 8.42 Å². The number of likely N-dealkylation sites (N-methyl/N-ethyl adjacent to an activating group) is 1. The number of rotatable bonds is 8. The third kappa shape index (κ3) is 5.75. The third-order valence-corrected chi connectivity index (χ3v) is 7.26. The van der Waals surface area contributed by atoms with Gasteiger partial charge in [0.05, 0.1) is 19.1 Å². The number of methoxy groups -OCH3 is 2. The lowest BCUT2D eigenvalue weighted by Gasteiger charge is -2.31. The average Bonchev–Trinajstić information content (AvgIpc) is 2.78. The van der Waals surface area contributed by atoms with Crippen LogP contribution in [0, 0.1) is 0 Å². The molecule has 1 saturated heterocycles. The topological polar surface area (TPSA) is 88.2 Å². The molecular weight excluding hydrogens is 418 g/mol. The van der Waals surface area contributed by atoms with Gasteiger partial charge in [0, 0.05) is 38.3 Å². The average molecular weight is 448 g/mol. The summed E-state index contributed by atoms with van der Waals surface area (Å²) in [6, 6.07) is 11.8. The van der Waals surface area contributed by atoms with Gasteiger partial charge in [0.1, 0.15) is 11.5 Å². The highest BCUT2D eigenvalue weighted by atomic mass is 32.2. The molecule has 0 unspecified atom stereocenters. The van der Waals surface area contributed by atoms with E-state index < -0.39 is 10.0 Å². The van der Waals surface area contributed by atoms with Crippen LogP contribution >= 0.6 is 0 Å². The molecule has 1 amide bonds. The van der Waals surface area contributed by atoms with Crippen LogP contribution < -0.4 is 14.8 Å². The molecule has 1 N–H and O–H groups in total. The van der Waals surface area contributed by atoms with Crippen molar-refractivity contribution in [3.63, 3.8) is 0 Å². The minimum atomic E-state index is -3.52. The Morgan fingerprint density at radius 1 is 1.00 bits per heavy atom. The van der Waals surface area contributed by atoms with Crippen molar-refractivity contribution in [2.24, 2.45) is 0 Å². The van der Waals surface area contributed by atoms with Crippen LogP contribution in [0.15, 0.2) is 47.4 Å². The van der Waals surface area contributed by atoms with Crippen LogP contribution in [0.3, 0.4) is 0 Å². The first-order chi connectivity index (χ1) is 14.8. The molecule has 0 aliphatic carbocycles. The molecule has 0 bridgehead atoms. The highest BCUT2D eigenvalue weighted by Gasteiger charge is 2.27. The standard InChI is InChI=1S/C22H29N3O5S/c1-24-12-14-25(15-13-24)31(27,28)20-8-5-18(6-9-20)23-22(26)11-4-17-16-19(29-2)7-10-21(17)30-3/h5-10,16H,4,11-15H2,1-3H3,(H,23,26). The molecule has 0 atom stereocenters. The first-order valence-corrected chi connectivity index (χ1v) is 11.6. The van der Waals surface area contributed by atoms with E-state index >= 15 is 0 Å². The third-order valence-electron chi connectivity index (χ3n) is 5.35. The lowest BCUT2D eigenvalue weighted by molar-refractivity contribution is -0.116. The SMILES string of the molecule is COc1ccc(OC)c(CCC(=O)Nc2ccc(S(=O)(=O)N3CCN(C)CC3)cc2)c1. The van der Waals surface area contributed by atoms with Crippen LogP contribution in [-0.2, 0) is 21.2 Å². The molecule has 0 aromatic heterocycles.